The summed E-state index contributed by atoms with van der Waals surface area (Å²) in [6.45, 7) is 1.73. The van der Waals surface area contributed by atoms with Crippen LogP contribution in [0.5, 0.6) is 5.75 Å². The smallest absolute Gasteiger partial charge is 0.258 e. The molecular weight excluding hydrogens is 338 g/mol. The number of rotatable bonds is 6. The first-order valence-electron chi connectivity index (χ1n) is 7.94. The van der Waals surface area contributed by atoms with E-state index in [1.165, 1.54) is 0 Å². The number of hydrogen-bond acceptors (Lipinski definition) is 3. The summed E-state index contributed by atoms with van der Waals surface area (Å²) in [5, 5.41) is 3.27. The molecule has 0 aliphatic heterocycles. The van der Waals surface area contributed by atoms with Crippen molar-refractivity contribution in [3.8, 4) is 16.9 Å². The number of halogens is 1. The molecule has 0 bridgehead atoms. The molecule has 128 valence electrons. The minimum Gasteiger partial charge on any atom is -0.482 e. The third kappa shape index (κ3) is 4.43. The molecule has 25 heavy (non-hydrogen) atoms. The van der Waals surface area contributed by atoms with E-state index in [1.54, 1.807) is 18.4 Å². The van der Waals surface area contributed by atoms with Gasteiger partial charge in [0.1, 0.15) is 11.5 Å². The van der Waals surface area contributed by atoms with Crippen LogP contribution in [0, 0.1) is 0 Å². The lowest BCUT2D eigenvalue weighted by Gasteiger charge is -2.13. The Morgan fingerprint density at radius 2 is 1.92 bits per heavy atom. The number of carbonyl (C=O) groups excluding carboxylic acids is 1. The highest BCUT2D eigenvalue weighted by Gasteiger charge is 2.13. The van der Waals surface area contributed by atoms with Gasteiger partial charge < -0.3 is 14.5 Å². The minimum absolute atomic E-state index is 0.116. The fourth-order valence-electron chi connectivity index (χ4n) is 2.46. The Morgan fingerprint density at radius 3 is 2.60 bits per heavy atom. The van der Waals surface area contributed by atoms with Crippen LogP contribution in [0.2, 0.25) is 5.02 Å². The van der Waals surface area contributed by atoms with Gasteiger partial charge in [0.25, 0.3) is 5.91 Å². The van der Waals surface area contributed by atoms with Gasteiger partial charge in [0.15, 0.2) is 6.61 Å². The molecule has 3 aromatic rings. The van der Waals surface area contributed by atoms with Crippen molar-refractivity contribution >= 4 is 17.5 Å². The predicted molar refractivity (Wildman–Crippen MR) is 97.6 cm³/mol. The van der Waals surface area contributed by atoms with E-state index < -0.39 is 0 Å². The number of amides is 1. The van der Waals surface area contributed by atoms with Crippen molar-refractivity contribution < 1.29 is 13.9 Å². The zero-order valence-corrected chi connectivity index (χ0v) is 14.5. The highest BCUT2D eigenvalue weighted by atomic mass is 35.5. The first kappa shape index (κ1) is 17.1. The van der Waals surface area contributed by atoms with Crippen LogP contribution < -0.4 is 10.1 Å². The molecule has 0 unspecified atom stereocenters. The van der Waals surface area contributed by atoms with E-state index in [0.717, 1.165) is 11.1 Å². The van der Waals surface area contributed by atoms with Gasteiger partial charge >= 0.3 is 0 Å². The minimum atomic E-state index is -0.243. The molecule has 1 N–H and O–H groups in total. The fraction of sp³-hybridized carbons (Fsp3) is 0.150. The molecule has 2 aromatic carbocycles. The van der Waals surface area contributed by atoms with E-state index >= 15 is 0 Å². The summed E-state index contributed by atoms with van der Waals surface area (Å²) < 4.78 is 10.8. The van der Waals surface area contributed by atoms with Gasteiger partial charge in [0.05, 0.1) is 17.3 Å². The van der Waals surface area contributed by atoms with Crippen molar-refractivity contribution in [3.05, 3.63) is 77.7 Å². The van der Waals surface area contributed by atoms with Crippen molar-refractivity contribution in [2.75, 3.05) is 6.61 Å². The molecule has 0 fully saturated rings. The van der Waals surface area contributed by atoms with Crippen LogP contribution in [0.3, 0.4) is 0 Å². The molecule has 0 saturated carbocycles. The van der Waals surface area contributed by atoms with Crippen LogP contribution in [-0.4, -0.2) is 12.5 Å². The third-order valence-corrected chi connectivity index (χ3v) is 4.04. The number of furan rings is 1. The zero-order chi connectivity index (χ0) is 17.6. The van der Waals surface area contributed by atoms with Crippen molar-refractivity contribution in [1.29, 1.82) is 0 Å². The maximum absolute atomic E-state index is 12.0. The van der Waals surface area contributed by atoms with Gasteiger partial charge in [0, 0.05) is 0 Å². The average molecular weight is 356 g/mol. The number of benzene rings is 2. The van der Waals surface area contributed by atoms with Gasteiger partial charge in [-0.1, -0.05) is 48.0 Å². The Balaban J connectivity index is 1.59. The third-order valence-electron chi connectivity index (χ3n) is 3.75. The Morgan fingerprint density at radius 1 is 1.12 bits per heavy atom. The standard InChI is InChI=1S/C20H18ClNO3/c1-14(18-8-5-11-24-18)22-20(23)13-25-19-10-9-16(12-17(19)21)15-6-3-2-4-7-15/h2-12,14H,13H2,1H3,(H,22,23)/t14-/m0/s1. The van der Waals surface area contributed by atoms with Crippen LogP contribution in [-0.2, 0) is 4.79 Å². The molecule has 1 amide bonds. The Labute approximate surface area is 151 Å². The van der Waals surface area contributed by atoms with E-state index in [1.807, 2.05) is 55.5 Å². The second-order valence-corrected chi connectivity index (χ2v) is 6.01. The monoisotopic (exact) mass is 355 g/mol. The van der Waals surface area contributed by atoms with Crippen LogP contribution >= 0.6 is 11.6 Å². The van der Waals surface area contributed by atoms with Crippen molar-refractivity contribution in [2.45, 2.75) is 13.0 Å². The second-order valence-electron chi connectivity index (χ2n) is 5.60. The van der Waals surface area contributed by atoms with Gasteiger partial charge in [-0.3, -0.25) is 4.79 Å². The molecular formula is C20H18ClNO3. The highest BCUT2D eigenvalue weighted by Crippen LogP contribution is 2.30. The summed E-state index contributed by atoms with van der Waals surface area (Å²) in [7, 11) is 0. The van der Waals surface area contributed by atoms with Gasteiger partial charge in [-0.05, 0) is 42.3 Å². The summed E-state index contributed by atoms with van der Waals surface area (Å²) in [4.78, 5) is 12.0. The summed E-state index contributed by atoms with van der Waals surface area (Å²) >= 11 is 6.28. The first-order valence-corrected chi connectivity index (χ1v) is 8.32. The van der Waals surface area contributed by atoms with Crippen LogP contribution in [0.15, 0.2) is 71.3 Å². The van der Waals surface area contributed by atoms with Crippen molar-refractivity contribution in [1.82, 2.24) is 5.32 Å². The molecule has 4 nitrogen and oxygen atoms in total. The van der Waals surface area contributed by atoms with Gasteiger partial charge in [-0.2, -0.15) is 0 Å². The molecule has 0 aliphatic rings. The normalized spacial score (nSPS) is 11.8. The maximum atomic E-state index is 12.0. The largest absolute Gasteiger partial charge is 0.482 e. The van der Waals surface area contributed by atoms with Crippen molar-refractivity contribution in [3.63, 3.8) is 0 Å². The van der Waals surface area contributed by atoms with Crippen LogP contribution in [0.1, 0.15) is 18.7 Å². The number of nitrogens with one attached hydrogen (secondary N) is 1. The summed E-state index contributed by atoms with van der Waals surface area (Å²) in [5.74, 6) is 0.924. The summed E-state index contributed by atoms with van der Waals surface area (Å²) in [6.07, 6.45) is 1.57. The lowest BCUT2D eigenvalue weighted by atomic mass is 10.1. The van der Waals surface area contributed by atoms with Gasteiger partial charge in [0.2, 0.25) is 0 Å². The molecule has 0 aliphatic carbocycles. The lowest BCUT2D eigenvalue weighted by molar-refractivity contribution is -0.123. The fourth-order valence-corrected chi connectivity index (χ4v) is 2.70. The van der Waals surface area contributed by atoms with E-state index in [9.17, 15) is 4.79 Å². The molecule has 5 heteroatoms. The lowest BCUT2D eigenvalue weighted by Crippen LogP contribution is -2.31. The summed E-state index contributed by atoms with van der Waals surface area (Å²) in [5.41, 5.74) is 2.06. The van der Waals surface area contributed by atoms with Crippen LogP contribution in [0.4, 0.5) is 0 Å². The maximum Gasteiger partial charge on any atom is 0.258 e. The summed E-state index contributed by atoms with van der Waals surface area (Å²) in [6, 6.07) is 18.8. The molecule has 1 atom stereocenters. The molecule has 0 saturated heterocycles. The van der Waals surface area contributed by atoms with Crippen molar-refractivity contribution in [2.24, 2.45) is 0 Å². The average Bonchev–Trinajstić information content (AvgIpc) is 3.16. The highest BCUT2D eigenvalue weighted by molar-refractivity contribution is 6.32. The zero-order valence-electron chi connectivity index (χ0n) is 13.7. The van der Waals surface area contributed by atoms with E-state index in [-0.39, 0.29) is 18.6 Å². The topological polar surface area (TPSA) is 51.5 Å². The number of ether oxygens (including phenoxy) is 1. The Kier molecular flexibility index (Phi) is 5.41. The predicted octanol–water partition coefficient (Wildman–Crippen LogP) is 4.86. The molecule has 1 aromatic heterocycles. The first-order chi connectivity index (χ1) is 12.1. The van der Waals surface area contributed by atoms with Gasteiger partial charge in [-0.25, -0.2) is 0 Å². The molecule has 3 rings (SSSR count). The van der Waals surface area contributed by atoms with E-state index in [2.05, 4.69) is 5.32 Å². The van der Waals surface area contributed by atoms with E-state index in [4.69, 9.17) is 20.8 Å². The van der Waals surface area contributed by atoms with Gasteiger partial charge in [-0.15, -0.1) is 0 Å². The number of carbonyl (C=O) groups is 1. The quantitative estimate of drug-likeness (QED) is 0.687. The van der Waals surface area contributed by atoms with E-state index in [0.29, 0.717) is 16.5 Å². The second kappa shape index (κ2) is 7.90. The molecule has 0 spiro atoms. The number of hydrogen-bond donors (Lipinski definition) is 1. The molecule has 1 heterocycles. The SMILES string of the molecule is C[C@H](NC(=O)COc1ccc(-c2ccccc2)cc1Cl)c1ccco1. The Bertz CT molecular complexity index is 831. The van der Waals surface area contributed by atoms with Crippen LogP contribution in [0.25, 0.3) is 11.1 Å². The molecule has 0 radical (unpaired) electrons. The Hall–Kier alpha value is -2.72.